The topological polar surface area (TPSA) is 60.5 Å². The van der Waals surface area contributed by atoms with E-state index in [1.807, 2.05) is 26.0 Å². The third kappa shape index (κ3) is 4.09. The van der Waals surface area contributed by atoms with Gasteiger partial charge in [0.1, 0.15) is 0 Å². The number of rotatable bonds is 3. The van der Waals surface area contributed by atoms with E-state index in [0.717, 1.165) is 57.1 Å². The van der Waals surface area contributed by atoms with Crippen molar-refractivity contribution >= 4 is 5.91 Å². The molecule has 2 atom stereocenters. The van der Waals surface area contributed by atoms with Crippen LogP contribution >= 0.6 is 0 Å². The minimum absolute atomic E-state index is 0.00237. The lowest BCUT2D eigenvalue weighted by molar-refractivity contribution is -0.0259. The van der Waals surface area contributed by atoms with Crippen LogP contribution in [0.2, 0.25) is 0 Å². The molecule has 0 aliphatic carbocycles. The number of aryl methyl sites for hydroxylation is 2. The van der Waals surface area contributed by atoms with Crippen LogP contribution in [0.3, 0.4) is 0 Å². The predicted octanol–water partition coefficient (Wildman–Crippen LogP) is 2.26. The summed E-state index contributed by atoms with van der Waals surface area (Å²) < 4.78 is 11.2. The molecule has 1 aromatic heterocycles. The minimum Gasteiger partial charge on any atom is -0.381 e. The molecule has 23 heavy (non-hydrogen) atoms. The molecule has 5 nitrogen and oxygen atoms in total. The second kappa shape index (κ2) is 7.41. The summed E-state index contributed by atoms with van der Waals surface area (Å²) in [5.41, 5.74) is 2.46. The average molecular weight is 318 g/mol. The summed E-state index contributed by atoms with van der Waals surface area (Å²) in [4.78, 5) is 17.0. The molecule has 3 rings (SSSR count). The number of nitrogens with zero attached hydrogens (tertiary/aromatic N) is 1. The number of hydrogen-bond donors (Lipinski definition) is 1. The first-order chi connectivity index (χ1) is 11.1. The van der Waals surface area contributed by atoms with Gasteiger partial charge in [-0.2, -0.15) is 0 Å². The zero-order valence-corrected chi connectivity index (χ0v) is 14.0. The van der Waals surface area contributed by atoms with E-state index < -0.39 is 0 Å². The van der Waals surface area contributed by atoms with E-state index in [4.69, 9.17) is 9.47 Å². The summed E-state index contributed by atoms with van der Waals surface area (Å²) >= 11 is 0. The molecular formula is C18H26N2O3. The Bertz CT molecular complexity index is 535. The number of carbonyl (C=O) groups excluding carboxylic acids is 1. The highest BCUT2D eigenvalue weighted by atomic mass is 16.5. The summed E-state index contributed by atoms with van der Waals surface area (Å²) in [6, 6.07) is 3.89. The molecule has 126 valence electrons. The van der Waals surface area contributed by atoms with Gasteiger partial charge in [0, 0.05) is 48.7 Å². The van der Waals surface area contributed by atoms with Gasteiger partial charge in [-0.25, -0.2) is 0 Å². The van der Waals surface area contributed by atoms with E-state index in [1.165, 1.54) is 0 Å². The summed E-state index contributed by atoms with van der Waals surface area (Å²) in [6.45, 7) is 6.95. The third-order valence-electron chi connectivity index (χ3n) is 4.93. The predicted molar refractivity (Wildman–Crippen MR) is 87.4 cm³/mol. The molecular weight excluding hydrogens is 292 g/mol. The van der Waals surface area contributed by atoms with Crippen molar-refractivity contribution in [3.05, 3.63) is 29.1 Å². The van der Waals surface area contributed by atoms with Crippen LogP contribution in [-0.4, -0.2) is 43.4 Å². The summed E-state index contributed by atoms with van der Waals surface area (Å²) in [7, 11) is 0. The van der Waals surface area contributed by atoms with Crippen molar-refractivity contribution in [1.82, 2.24) is 10.3 Å². The second-order valence-electron chi connectivity index (χ2n) is 6.70. The van der Waals surface area contributed by atoms with Gasteiger partial charge in [0.2, 0.25) is 0 Å². The molecule has 0 bridgehead atoms. The smallest absolute Gasteiger partial charge is 0.251 e. The highest BCUT2D eigenvalue weighted by Crippen LogP contribution is 2.30. The van der Waals surface area contributed by atoms with E-state index in [0.29, 0.717) is 17.4 Å². The number of aromatic nitrogens is 1. The standard InChI is InChI=1S/C18H26N2O3/c1-12-9-15(10-13(2)19-12)18(21)20-17-5-8-23-11-16(17)14-3-6-22-7-4-14/h9-10,14,16-17H,3-8,11H2,1-2H3,(H,20,21)/t16-,17-/m1/s1. The van der Waals surface area contributed by atoms with Crippen LogP contribution in [0, 0.1) is 25.7 Å². The van der Waals surface area contributed by atoms with Crippen LogP contribution < -0.4 is 5.32 Å². The lowest BCUT2D eigenvalue weighted by Crippen LogP contribution is -2.49. The van der Waals surface area contributed by atoms with Gasteiger partial charge < -0.3 is 14.8 Å². The molecule has 1 amide bonds. The fraction of sp³-hybridized carbons (Fsp3) is 0.667. The molecule has 2 saturated heterocycles. The Balaban J connectivity index is 1.69. The van der Waals surface area contributed by atoms with Gasteiger partial charge in [-0.1, -0.05) is 0 Å². The first-order valence-corrected chi connectivity index (χ1v) is 8.55. The van der Waals surface area contributed by atoms with Gasteiger partial charge in [0.25, 0.3) is 5.91 Å². The maximum absolute atomic E-state index is 12.6. The summed E-state index contributed by atoms with van der Waals surface area (Å²) in [6.07, 6.45) is 3.01. The normalized spacial score (nSPS) is 26.0. The van der Waals surface area contributed by atoms with Gasteiger partial charge in [0.15, 0.2) is 0 Å². The number of hydrogen-bond acceptors (Lipinski definition) is 4. The summed E-state index contributed by atoms with van der Waals surface area (Å²) in [5.74, 6) is 0.971. The Morgan fingerprint density at radius 2 is 1.74 bits per heavy atom. The molecule has 2 aliphatic heterocycles. The van der Waals surface area contributed by atoms with Crippen LogP contribution in [-0.2, 0) is 9.47 Å². The maximum atomic E-state index is 12.6. The SMILES string of the molecule is Cc1cc(C(=O)N[C@@H]2CCOC[C@@H]2C2CCOCC2)cc(C)n1. The molecule has 0 saturated carbocycles. The van der Waals surface area contributed by atoms with Crippen molar-refractivity contribution in [2.24, 2.45) is 11.8 Å². The average Bonchev–Trinajstić information content (AvgIpc) is 2.55. The largest absolute Gasteiger partial charge is 0.381 e. The van der Waals surface area contributed by atoms with E-state index in [1.54, 1.807) is 0 Å². The Morgan fingerprint density at radius 1 is 1.09 bits per heavy atom. The lowest BCUT2D eigenvalue weighted by atomic mass is 9.79. The highest BCUT2D eigenvalue weighted by molar-refractivity contribution is 5.94. The van der Waals surface area contributed by atoms with Crippen LogP contribution in [0.15, 0.2) is 12.1 Å². The van der Waals surface area contributed by atoms with Crippen molar-refractivity contribution < 1.29 is 14.3 Å². The molecule has 0 radical (unpaired) electrons. The van der Waals surface area contributed by atoms with E-state index in [-0.39, 0.29) is 11.9 Å². The minimum atomic E-state index is 0.00237. The van der Waals surface area contributed by atoms with Gasteiger partial charge in [-0.3, -0.25) is 9.78 Å². The van der Waals surface area contributed by atoms with Crippen LogP contribution in [0.5, 0.6) is 0 Å². The quantitative estimate of drug-likeness (QED) is 0.929. The first kappa shape index (κ1) is 16.4. The van der Waals surface area contributed by atoms with Crippen molar-refractivity contribution in [2.75, 3.05) is 26.4 Å². The molecule has 1 N–H and O–H groups in total. The van der Waals surface area contributed by atoms with Crippen molar-refractivity contribution in [1.29, 1.82) is 0 Å². The molecule has 3 heterocycles. The monoisotopic (exact) mass is 318 g/mol. The van der Waals surface area contributed by atoms with Crippen LogP contribution in [0.1, 0.15) is 41.0 Å². The fourth-order valence-electron chi connectivity index (χ4n) is 3.77. The van der Waals surface area contributed by atoms with Crippen LogP contribution in [0.25, 0.3) is 0 Å². The number of nitrogens with one attached hydrogen (secondary N) is 1. The first-order valence-electron chi connectivity index (χ1n) is 8.55. The second-order valence-corrected chi connectivity index (χ2v) is 6.70. The van der Waals surface area contributed by atoms with Gasteiger partial charge in [0.05, 0.1) is 6.61 Å². The molecule has 0 aromatic carbocycles. The van der Waals surface area contributed by atoms with Crippen molar-refractivity contribution in [2.45, 2.75) is 39.2 Å². The van der Waals surface area contributed by atoms with Crippen molar-refractivity contribution in [3.8, 4) is 0 Å². The summed E-state index contributed by atoms with van der Waals surface area (Å²) in [5, 5.41) is 3.25. The van der Waals surface area contributed by atoms with E-state index in [2.05, 4.69) is 10.3 Å². The molecule has 0 unspecified atom stereocenters. The zero-order chi connectivity index (χ0) is 16.2. The highest BCUT2D eigenvalue weighted by Gasteiger charge is 2.34. The Hall–Kier alpha value is -1.46. The Labute approximate surface area is 137 Å². The third-order valence-corrected chi connectivity index (χ3v) is 4.93. The molecule has 2 fully saturated rings. The molecule has 1 aromatic rings. The Kier molecular flexibility index (Phi) is 5.28. The zero-order valence-electron chi connectivity index (χ0n) is 14.0. The number of ether oxygens (including phenoxy) is 2. The Morgan fingerprint density at radius 3 is 2.43 bits per heavy atom. The lowest BCUT2D eigenvalue weighted by Gasteiger charge is -2.39. The van der Waals surface area contributed by atoms with E-state index >= 15 is 0 Å². The number of pyridine rings is 1. The maximum Gasteiger partial charge on any atom is 0.251 e. The number of carbonyl (C=O) groups is 1. The number of amides is 1. The van der Waals surface area contributed by atoms with Gasteiger partial charge in [-0.15, -0.1) is 0 Å². The van der Waals surface area contributed by atoms with Crippen LogP contribution in [0.4, 0.5) is 0 Å². The molecule has 5 heteroatoms. The van der Waals surface area contributed by atoms with Gasteiger partial charge >= 0.3 is 0 Å². The van der Waals surface area contributed by atoms with Crippen molar-refractivity contribution in [3.63, 3.8) is 0 Å². The molecule has 2 aliphatic rings. The van der Waals surface area contributed by atoms with E-state index in [9.17, 15) is 4.79 Å². The van der Waals surface area contributed by atoms with Gasteiger partial charge in [-0.05, 0) is 51.2 Å². The fourth-order valence-corrected chi connectivity index (χ4v) is 3.77. The molecule has 0 spiro atoms.